The van der Waals surface area contributed by atoms with Gasteiger partial charge in [0.2, 0.25) is 0 Å². The Hall–Kier alpha value is -2.76. The number of ether oxygens (including phenoxy) is 1. The van der Waals surface area contributed by atoms with Crippen molar-refractivity contribution in [3.05, 3.63) is 105 Å². The highest BCUT2D eigenvalue weighted by Crippen LogP contribution is 2.44. The van der Waals surface area contributed by atoms with Gasteiger partial charge in [-0.25, -0.2) is 0 Å². The first-order chi connectivity index (χ1) is 14.5. The van der Waals surface area contributed by atoms with Gasteiger partial charge in [-0.2, -0.15) is 0 Å². The molecule has 0 saturated carbocycles. The lowest BCUT2D eigenvalue weighted by Crippen LogP contribution is -2.29. The second kappa shape index (κ2) is 8.54. The van der Waals surface area contributed by atoms with Gasteiger partial charge in [0.15, 0.2) is 5.76 Å². The fourth-order valence-electron chi connectivity index (χ4n) is 3.69. The molecular weight excluding hydrogens is 466 g/mol. The number of halogens is 2. The van der Waals surface area contributed by atoms with Crippen LogP contribution in [-0.2, 0) is 11.3 Å². The van der Waals surface area contributed by atoms with Crippen LogP contribution < -0.4 is 4.74 Å². The number of rotatable bonds is 5. The number of carbonyl (C=O) groups excluding carboxylic acids is 1. The smallest absolute Gasteiger partial charge is 0.290 e. The van der Waals surface area contributed by atoms with Gasteiger partial charge >= 0.3 is 0 Å². The average Bonchev–Trinajstić information content (AvgIpc) is 3.00. The molecule has 1 N–H and O–H groups in total. The minimum atomic E-state index is -0.432. The maximum absolute atomic E-state index is 13.1. The second-order valence-corrected chi connectivity index (χ2v) is 8.36. The van der Waals surface area contributed by atoms with Crippen LogP contribution in [0, 0.1) is 0 Å². The highest BCUT2D eigenvalue weighted by molar-refractivity contribution is 9.10. The van der Waals surface area contributed by atoms with Crippen LogP contribution in [0.5, 0.6) is 5.75 Å². The van der Waals surface area contributed by atoms with Gasteiger partial charge < -0.3 is 14.7 Å². The van der Waals surface area contributed by atoms with Gasteiger partial charge in [0.05, 0.1) is 13.2 Å². The van der Waals surface area contributed by atoms with Gasteiger partial charge in [-0.1, -0.05) is 63.9 Å². The maximum Gasteiger partial charge on any atom is 0.290 e. The summed E-state index contributed by atoms with van der Waals surface area (Å²) in [4.78, 5) is 14.8. The van der Waals surface area contributed by atoms with E-state index in [9.17, 15) is 9.90 Å². The van der Waals surface area contributed by atoms with Crippen molar-refractivity contribution < 1.29 is 14.6 Å². The summed E-state index contributed by atoms with van der Waals surface area (Å²) in [7, 11) is 1.61. The van der Waals surface area contributed by atoms with E-state index in [0.717, 1.165) is 26.9 Å². The van der Waals surface area contributed by atoms with Crippen molar-refractivity contribution in [1.82, 2.24) is 4.90 Å². The average molecular weight is 485 g/mol. The van der Waals surface area contributed by atoms with Crippen molar-refractivity contribution in [3.8, 4) is 5.75 Å². The number of carbonyl (C=O) groups is 1. The normalized spacial score (nSPS) is 16.3. The molecule has 152 valence electrons. The maximum atomic E-state index is 13.1. The first kappa shape index (κ1) is 20.5. The summed E-state index contributed by atoms with van der Waals surface area (Å²) in [5, 5.41) is 11.4. The molecular formula is C24H19BrClNO3. The van der Waals surface area contributed by atoms with E-state index in [-0.39, 0.29) is 5.76 Å². The lowest BCUT2D eigenvalue weighted by molar-refractivity contribution is -0.130. The quantitative estimate of drug-likeness (QED) is 0.471. The number of amides is 1. The number of methoxy groups -OCH3 is 1. The zero-order valence-corrected chi connectivity index (χ0v) is 18.5. The van der Waals surface area contributed by atoms with Crippen molar-refractivity contribution in [3.63, 3.8) is 0 Å². The standard InChI is InChI=1S/C24H19BrClNO3/c1-30-20-11-5-15(6-12-20)14-27-22(17-3-2-4-18(25)13-17)21(23(28)24(27)29)16-7-9-19(26)10-8-16/h2-13,22,28H,14H2,1H3/t22-/m0/s1. The Labute approximate surface area is 188 Å². The van der Waals surface area contributed by atoms with Gasteiger partial charge in [0.1, 0.15) is 5.75 Å². The monoisotopic (exact) mass is 483 g/mol. The molecule has 3 aromatic carbocycles. The summed E-state index contributed by atoms with van der Waals surface area (Å²) < 4.78 is 6.12. The first-order valence-corrected chi connectivity index (χ1v) is 10.5. The number of nitrogens with zero attached hydrogens (tertiary/aromatic N) is 1. The van der Waals surface area contributed by atoms with E-state index < -0.39 is 11.9 Å². The van der Waals surface area contributed by atoms with E-state index >= 15 is 0 Å². The van der Waals surface area contributed by atoms with Crippen LogP contribution in [0.25, 0.3) is 5.57 Å². The van der Waals surface area contributed by atoms with Gasteiger partial charge in [0.25, 0.3) is 5.91 Å². The number of aliphatic hydroxyl groups excluding tert-OH is 1. The summed E-state index contributed by atoms with van der Waals surface area (Å²) in [6.07, 6.45) is 0. The van der Waals surface area contributed by atoms with Crippen molar-refractivity contribution in [2.45, 2.75) is 12.6 Å². The third-order valence-corrected chi connectivity index (χ3v) is 5.88. The van der Waals surface area contributed by atoms with E-state index in [2.05, 4.69) is 15.9 Å². The van der Waals surface area contributed by atoms with Crippen molar-refractivity contribution in [1.29, 1.82) is 0 Å². The Morgan fingerprint density at radius 1 is 1.07 bits per heavy atom. The van der Waals surface area contributed by atoms with E-state index in [4.69, 9.17) is 16.3 Å². The summed E-state index contributed by atoms with van der Waals surface area (Å²) in [5.74, 6) is 0.106. The lowest BCUT2D eigenvalue weighted by atomic mass is 9.93. The van der Waals surface area contributed by atoms with E-state index in [0.29, 0.717) is 17.1 Å². The molecule has 1 atom stereocenters. The lowest BCUT2D eigenvalue weighted by Gasteiger charge is -2.27. The predicted molar refractivity (Wildman–Crippen MR) is 121 cm³/mol. The molecule has 0 radical (unpaired) electrons. The molecule has 0 fully saturated rings. The van der Waals surface area contributed by atoms with Crippen LogP contribution in [0.4, 0.5) is 0 Å². The SMILES string of the molecule is COc1ccc(CN2C(=O)C(O)=C(c3ccc(Cl)cc3)[C@@H]2c2cccc(Br)c2)cc1. The Morgan fingerprint density at radius 2 is 1.77 bits per heavy atom. The summed E-state index contributed by atoms with van der Waals surface area (Å²) in [5.41, 5.74) is 3.17. The molecule has 0 unspecified atom stereocenters. The Morgan fingerprint density at radius 3 is 2.40 bits per heavy atom. The van der Waals surface area contributed by atoms with Crippen LogP contribution in [-0.4, -0.2) is 23.0 Å². The largest absolute Gasteiger partial charge is 0.503 e. The molecule has 30 heavy (non-hydrogen) atoms. The molecule has 0 saturated heterocycles. The topological polar surface area (TPSA) is 49.8 Å². The van der Waals surface area contributed by atoms with E-state index in [1.165, 1.54) is 0 Å². The summed E-state index contributed by atoms with van der Waals surface area (Å²) in [6, 6.07) is 22.1. The van der Waals surface area contributed by atoms with Crippen LogP contribution >= 0.6 is 27.5 Å². The Bertz CT molecular complexity index is 1110. The molecule has 1 aliphatic rings. The van der Waals surface area contributed by atoms with E-state index in [1.807, 2.05) is 60.7 Å². The fraction of sp³-hybridized carbons (Fsp3) is 0.125. The molecule has 0 bridgehead atoms. The van der Waals surface area contributed by atoms with Crippen LogP contribution in [0.3, 0.4) is 0 Å². The van der Waals surface area contributed by atoms with Crippen molar-refractivity contribution in [2.24, 2.45) is 0 Å². The minimum absolute atomic E-state index is 0.240. The molecule has 1 aliphatic heterocycles. The van der Waals surface area contributed by atoms with Crippen molar-refractivity contribution >= 4 is 39.0 Å². The molecule has 1 amide bonds. The van der Waals surface area contributed by atoms with Gasteiger partial charge in [0, 0.05) is 21.6 Å². The molecule has 4 nitrogen and oxygen atoms in total. The Kier molecular flexibility index (Phi) is 5.84. The van der Waals surface area contributed by atoms with Crippen LogP contribution in [0.15, 0.2) is 83.0 Å². The van der Waals surface area contributed by atoms with Gasteiger partial charge in [-0.3, -0.25) is 4.79 Å². The highest BCUT2D eigenvalue weighted by atomic mass is 79.9. The third-order valence-electron chi connectivity index (χ3n) is 5.14. The van der Waals surface area contributed by atoms with Crippen molar-refractivity contribution in [2.75, 3.05) is 7.11 Å². The minimum Gasteiger partial charge on any atom is -0.503 e. The number of hydrogen-bond donors (Lipinski definition) is 1. The van der Waals surface area contributed by atoms with Crippen LogP contribution in [0.1, 0.15) is 22.7 Å². The van der Waals surface area contributed by atoms with Crippen LogP contribution in [0.2, 0.25) is 5.02 Å². The predicted octanol–water partition coefficient (Wildman–Crippen LogP) is 6.16. The molecule has 0 aromatic heterocycles. The number of aliphatic hydroxyl groups is 1. The molecule has 0 aliphatic carbocycles. The fourth-order valence-corrected chi connectivity index (χ4v) is 4.23. The van der Waals surface area contributed by atoms with Gasteiger partial charge in [-0.15, -0.1) is 0 Å². The second-order valence-electron chi connectivity index (χ2n) is 7.01. The van der Waals surface area contributed by atoms with Gasteiger partial charge in [-0.05, 0) is 53.1 Å². The molecule has 3 aromatic rings. The molecule has 4 rings (SSSR count). The molecule has 6 heteroatoms. The summed E-state index contributed by atoms with van der Waals surface area (Å²) >= 11 is 9.56. The number of hydrogen-bond acceptors (Lipinski definition) is 3. The highest BCUT2D eigenvalue weighted by Gasteiger charge is 2.41. The number of benzene rings is 3. The molecule has 0 spiro atoms. The summed E-state index contributed by atoms with van der Waals surface area (Å²) in [6.45, 7) is 0.348. The first-order valence-electron chi connectivity index (χ1n) is 9.36. The zero-order chi connectivity index (χ0) is 21.3. The third kappa shape index (κ3) is 3.95. The van der Waals surface area contributed by atoms with E-state index in [1.54, 1.807) is 24.1 Å². The Balaban J connectivity index is 1.78. The zero-order valence-electron chi connectivity index (χ0n) is 16.2. The molecule has 1 heterocycles.